The number of thiophene rings is 1. The molecule has 1 atom stereocenters. The number of hydrogen-bond donors (Lipinski definition) is 1. The lowest BCUT2D eigenvalue weighted by Crippen LogP contribution is -2.32. The Labute approximate surface area is 140 Å². The van der Waals surface area contributed by atoms with Crippen LogP contribution in [0.5, 0.6) is 11.5 Å². The number of aliphatic hydroxyl groups is 1. The number of ether oxygens (including phenoxy) is 2. The van der Waals surface area contributed by atoms with Gasteiger partial charge < -0.3 is 19.5 Å². The maximum Gasteiger partial charge on any atom is 0.227 e. The summed E-state index contributed by atoms with van der Waals surface area (Å²) in [6, 6.07) is 9.09. The fourth-order valence-electron chi connectivity index (χ4n) is 2.22. The molecule has 2 aromatic rings. The summed E-state index contributed by atoms with van der Waals surface area (Å²) in [5.74, 6) is 1.13. The van der Waals surface area contributed by atoms with Crippen LogP contribution in [0.3, 0.4) is 0 Å². The quantitative estimate of drug-likeness (QED) is 0.845. The van der Waals surface area contributed by atoms with Gasteiger partial charge in [-0.15, -0.1) is 11.3 Å². The van der Waals surface area contributed by atoms with Crippen molar-refractivity contribution >= 4 is 17.2 Å². The predicted molar refractivity (Wildman–Crippen MR) is 90.2 cm³/mol. The molecule has 0 aliphatic carbocycles. The normalized spacial score (nSPS) is 11.8. The van der Waals surface area contributed by atoms with Crippen LogP contribution in [-0.4, -0.2) is 43.7 Å². The third-order valence-corrected chi connectivity index (χ3v) is 4.45. The number of hydrogen-bond acceptors (Lipinski definition) is 5. The summed E-state index contributed by atoms with van der Waals surface area (Å²) in [5, 5.41) is 12.3. The van der Waals surface area contributed by atoms with Crippen LogP contribution in [0.2, 0.25) is 0 Å². The molecule has 5 nitrogen and oxygen atoms in total. The number of carbonyl (C=O) groups is 1. The number of aliphatic hydroxyl groups excluding tert-OH is 1. The van der Waals surface area contributed by atoms with Crippen LogP contribution in [-0.2, 0) is 11.2 Å². The van der Waals surface area contributed by atoms with Gasteiger partial charge in [-0.25, -0.2) is 0 Å². The second-order valence-electron chi connectivity index (χ2n) is 5.16. The van der Waals surface area contributed by atoms with E-state index < -0.39 is 6.10 Å². The van der Waals surface area contributed by atoms with E-state index in [1.165, 1.54) is 0 Å². The minimum Gasteiger partial charge on any atom is -0.493 e. The molecule has 1 heterocycles. The van der Waals surface area contributed by atoms with Gasteiger partial charge in [0.2, 0.25) is 5.91 Å². The van der Waals surface area contributed by atoms with Gasteiger partial charge in [0.05, 0.1) is 33.3 Å². The highest BCUT2D eigenvalue weighted by atomic mass is 32.1. The number of nitrogens with zero attached hydrogens (tertiary/aromatic N) is 1. The summed E-state index contributed by atoms with van der Waals surface area (Å²) in [7, 11) is 4.80. The summed E-state index contributed by atoms with van der Waals surface area (Å²) >= 11 is 1.55. The van der Waals surface area contributed by atoms with Gasteiger partial charge in [-0.1, -0.05) is 12.1 Å². The molecule has 1 unspecified atom stereocenters. The zero-order chi connectivity index (χ0) is 16.8. The fourth-order valence-corrected chi connectivity index (χ4v) is 2.92. The molecule has 1 aromatic carbocycles. The average Bonchev–Trinajstić information content (AvgIpc) is 3.06. The number of rotatable bonds is 7. The molecular formula is C17H21NO4S. The first kappa shape index (κ1) is 17.3. The van der Waals surface area contributed by atoms with E-state index in [1.54, 1.807) is 55.7 Å². The molecule has 0 bridgehead atoms. The lowest BCUT2D eigenvalue weighted by Gasteiger charge is -2.21. The predicted octanol–water partition coefficient (Wildman–Crippen LogP) is 2.50. The van der Waals surface area contributed by atoms with E-state index in [9.17, 15) is 9.90 Å². The van der Waals surface area contributed by atoms with Crippen molar-refractivity contribution in [3.05, 3.63) is 46.2 Å². The minimum absolute atomic E-state index is 0.0213. The molecule has 2 rings (SSSR count). The van der Waals surface area contributed by atoms with E-state index in [0.29, 0.717) is 23.5 Å². The Bertz CT molecular complexity index is 642. The smallest absolute Gasteiger partial charge is 0.227 e. The van der Waals surface area contributed by atoms with Crippen LogP contribution in [0.4, 0.5) is 0 Å². The second-order valence-corrected chi connectivity index (χ2v) is 6.19. The van der Waals surface area contributed by atoms with Crippen LogP contribution >= 0.6 is 11.3 Å². The van der Waals surface area contributed by atoms with Gasteiger partial charge in [-0.3, -0.25) is 4.79 Å². The first-order valence-electron chi connectivity index (χ1n) is 7.21. The Morgan fingerprint density at radius 1 is 1.26 bits per heavy atom. The van der Waals surface area contributed by atoms with E-state index >= 15 is 0 Å². The number of likely N-dealkylation sites (N-methyl/N-ethyl adjacent to an activating group) is 1. The standard InChI is InChI=1S/C17H21NO4S/c1-18(17(20)10-13-5-4-8-23-13)11-14(19)12-6-7-15(21-2)16(9-12)22-3/h4-9,14,19H,10-11H2,1-3H3. The maximum absolute atomic E-state index is 12.2. The summed E-state index contributed by atoms with van der Waals surface area (Å²) in [6.45, 7) is 0.222. The van der Waals surface area contributed by atoms with Crippen molar-refractivity contribution in [1.29, 1.82) is 0 Å². The van der Waals surface area contributed by atoms with Crippen molar-refractivity contribution in [1.82, 2.24) is 4.90 Å². The molecule has 1 N–H and O–H groups in total. The van der Waals surface area contributed by atoms with Crippen molar-refractivity contribution in [3.8, 4) is 11.5 Å². The molecule has 124 valence electrons. The molecule has 23 heavy (non-hydrogen) atoms. The number of benzene rings is 1. The molecule has 0 spiro atoms. The van der Waals surface area contributed by atoms with Crippen LogP contribution in [0, 0.1) is 0 Å². The second kappa shape index (κ2) is 7.99. The minimum atomic E-state index is -0.785. The average molecular weight is 335 g/mol. The molecule has 1 aromatic heterocycles. The van der Waals surface area contributed by atoms with E-state index in [2.05, 4.69) is 0 Å². The monoisotopic (exact) mass is 335 g/mol. The Morgan fingerprint density at radius 3 is 2.61 bits per heavy atom. The summed E-state index contributed by atoms with van der Waals surface area (Å²) in [6.07, 6.45) is -0.431. The molecule has 0 saturated carbocycles. The first-order chi connectivity index (χ1) is 11.0. The lowest BCUT2D eigenvalue weighted by atomic mass is 10.1. The van der Waals surface area contributed by atoms with Gasteiger partial charge in [0.1, 0.15) is 0 Å². The Morgan fingerprint density at radius 2 is 2.00 bits per heavy atom. The Hall–Kier alpha value is -2.05. The van der Waals surface area contributed by atoms with Gasteiger partial charge in [-0.2, -0.15) is 0 Å². The zero-order valence-corrected chi connectivity index (χ0v) is 14.3. The van der Waals surface area contributed by atoms with Crippen LogP contribution in [0.15, 0.2) is 35.7 Å². The summed E-state index contributed by atoms with van der Waals surface area (Å²) < 4.78 is 10.4. The molecule has 1 amide bonds. The summed E-state index contributed by atoms with van der Waals surface area (Å²) in [5.41, 5.74) is 0.679. The van der Waals surface area contributed by atoms with Crippen LogP contribution < -0.4 is 9.47 Å². The Kier molecular flexibility index (Phi) is 6.01. The van der Waals surface area contributed by atoms with Gasteiger partial charge in [0.25, 0.3) is 0 Å². The highest BCUT2D eigenvalue weighted by Crippen LogP contribution is 2.30. The molecular weight excluding hydrogens is 314 g/mol. The van der Waals surface area contributed by atoms with Gasteiger partial charge >= 0.3 is 0 Å². The number of carbonyl (C=O) groups excluding carboxylic acids is 1. The van der Waals surface area contributed by atoms with E-state index in [4.69, 9.17) is 9.47 Å². The van der Waals surface area contributed by atoms with Crippen LogP contribution in [0.1, 0.15) is 16.5 Å². The molecule has 0 radical (unpaired) electrons. The molecule has 0 fully saturated rings. The van der Waals surface area contributed by atoms with Crippen molar-refractivity contribution in [2.45, 2.75) is 12.5 Å². The van der Waals surface area contributed by atoms with Crippen molar-refractivity contribution in [2.24, 2.45) is 0 Å². The highest BCUT2D eigenvalue weighted by Gasteiger charge is 2.17. The lowest BCUT2D eigenvalue weighted by molar-refractivity contribution is -0.130. The van der Waals surface area contributed by atoms with Gasteiger partial charge in [0, 0.05) is 11.9 Å². The molecule has 0 aliphatic heterocycles. The molecule has 6 heteroatoms. The Balaban J connectivity index is 2.00. The zero-order valence-electron chi connectivity index (χ0n) is 13.5. The highest BCUT2D eigenvalue weighted by molar-refractivity contribution is 7.10. The van der Waals surface area contributed by atoms with Crippen LogP contribution in [0.25, 0.3) is 0 Å². The fraction of sp³-hybridized carbons (Fsp3) is 0.353. The third-order valence-electron chi connectivity index (χ3n) is 3.57. The van der Waals surface area contributed by atoms with Gasteiger partial charge in [0.15, 0.2) is 11.5 Å². The third kappa shape index (κ3) is 4.46. The van der Waals surface area contributed by atoms with Crippen molar-refractivity contribution < 1.29 is 19.4 Å². The SMILES string of the molecule is COc1ccc(C(O)CN(C)C(=O)Cc2cccs2)cc1OC. The number of methoxy groups -OCH3 is 2. The van der Waals surface area contributed by atoms with Crippen molar-refractivity contribution in [3.63, 3.8) is 0 Å². The van der Waals surface area contributed by atoms with Crippen molar-refractivity contribution in [2.75, 3.05) is 27.8 Å². The molecule has 0 aliphatic rings. The topological polar surface area (TPSA) is 59.0 Å². The van der Waals surface area contributed by atoms with E-state index in [0.717, 1.165) is 4.88 Å². The number of amides is 1. The van der Waals surface area contributed by atoms with E-state index in [-0.39, 0.29) is 12.5 Å². The largest absolute Gasteiger partial charge is 0.493 e. The van der Waals surface area contributed by atoms with Gasteiger partial charge in [-0.05, 0) is 29.1 Å². The molecule has 0 saturated heterocycles. The first-order valence-corrected chi connectivity index (χ1v) is 8.09. The summed E-state index contributed by atoms with van der Waals surface area (Å²) in [4.78, 5) is 14.7. The van der Waals surface area contributed by atoms with E-state index in [1.807, 2.05) is 17.5 Å². The maximum atomic E-state index is 12.2.